The van der Waals surface area contributed by atoms with E-state index in [1.165, 1.54) is 0 Å². The average molecular weight is 262 g/mol. The molecule has 0 aliphatic heterocycles. The van der Waals surface area contributed by atoms with E-state index in [1.807, 2.05) is 0 Å². The van der Waals surface area contributed by atoms with E-state index < -0.39 is 10.0 Å². The molecule has 1 saturated carbocycles. The summed E-state index contributed by atoms with van der Waals surface area (Å²) in [6.07, 6.45) is 4.32. The van der Waals surface area contributed by atoms with Gasteiger partial charge < -0.3 is 5.32 Å². The Bertz CT molecular complexity index is 316. The molecule has 2 N–H and O–H groups in total. The first-order chi connectivity index (χ1) is 8.01. The highest BCUT2D eigenvalue weighted by molar-refractivity contribution is 7.90. The smallest absolute Gasteiger partial charge is 0.215 e. The minimum atomic E-state index is -3.14. The zero-order chi connectivity index (χ0) is 12.9. The summed E-state index contributed by atoms with van der Waals surface area (Å²) in [6.45, 7) is 7.39. The van der Waals surface area contributed by atoms with E-state index >= 15 is 0 Å². The van der Waals surface area contributed by atoms with Crippen molar-refractivity contribution in [2.24, 2.45) is 5.92 Å². The predicted molar refractivity (Wildman–Crippen MR) is 71.5 cm³/mol. The van der Waals surface area contributed by atoms with Crippen molar-refractivity contribution < 1.29 is 8.42 Å². The van der Waals surface area contributed by atoms with E-state index in [-0.39, 0.29) is 11.3 Å². The highest BCUT2D eigenvalue weighted by atomic mass is 32.2. The van der Waals surface area contributed by atoms with Gasteiger partial charge in [-0.15, -0.1) is 0 Å². The Hall–Kier alpha value is -0.130. The van der Waals surface area contributed by atoms with Crippen molar-refractivity contribution in [3.8, 4) is 0 Å². The van der Waals surface area contributed by atoms with E-state index in [0.29, 0.717) is 12.5 Å². The first-order valence-electron chi connectivity index (χ1n) is 6.73. The SMILES string of the molecule is CCCNCC(C)S(=O)(=O)NC1CC1CCC. The third-order valence-electron chi connectivity index (χ3n) is 3.29. The maximum atomic E-state index is 12.0. The molecule has 0 saturated heterocycles. The summed E-state index contributed by atoms with van der Waals surface area (Å²) in [6, 6.07) is 0.202. The lowest BCUT2D eigenvalue weighted by Gasteiger charge is -2.14. The van der Waals surface area contributed by atoms with Crippen LogP contribution in [0.15, 0.2) is 0 Å². The summed E-state index contributed by atoms with van der Waals surface area (Å²) in [5, 5.41) is 2.80. The molecule has 0 aromatic rings. The van der Waals surface area contributed by atoms with Gasteiger partial charge in [0.25, 0.3) is 0 Å². The Labute approximate surface area is 106 Å². The van der Waals surface area contributed by atoms with Gasteiger partial charge in [0.1, 0.15) is 0 Å². The first kappa shape index (κ1) is 14.9. The van der Waals surface area contributed by atoms with Crippen LogP contribution in [-0.4, -0.2) is 32.8 Å². The number of sulfonamides is 1. The van der Waals surface area contributed by atoms with Gasteiger partial charge in [0.2, 0.25) is 10.0 Å². The van der Waals surface area contributed by atoms with Crippen LogP contribution in [-0.2, 0) is 10.0 Å². The van der Waals surface area contributed by atoms with E-state index in [0.717, 1.165) is 32.2 Å². The first-order valence-corrected chi connectivity index (χ1v) is 8.27. The molecule has 1 fully saturated rings. The summed E-state index contributed by atoms with van der Waals surface area (Å²) in [7, 11) is -3.14. The Morgan fingerprint density at radius 2 is 2.00 bits per heavy atom. The molecule has 0 bridgehead atoms. The summed E-state index contributed by atoms with van der Waals surface area (Å²) in [5.74, 6) is 0.575. The molecule has 0 spiro atoms. The maximum Gasteiger partial charge on any atom is 0.215 e. The van der Waals surface area contributed by atoms with Crippen molar-refractivity contribution >= 4 is 10.0 Å². The lowest BCUT2D eigenvalue weighted by molar-refractivity contribution is 0.550. The van der Waals surface area contributed by atoms with Gasteiger partial charge in [-0.1, -0.05) is 20.3 Å². The molecule has 0 aromatic carbocycles. The van der Waals surface area contributed by atoms with Gasteiger partial charge in [0.05, 0.1) is 5.25 Å². The Morgan fingerprint density at radius 1 is 1.29 bits per heavy atom. The monoisotopic (exact) mass is 262 g/mol. The van der Waals surface area contributed by atoms with Gasteiger partial charge in [-0.3, -0.25) is 0 Å². The van der Waals surface area contributed by atoms with Crippen LogP contribution >= 0.6 is 0 Å². The number of rotatable bonds is 9. The van der Waals surface area contributed by atoms with Crippen LogP contribution in [0.1, 0.15) is 46.5 Å². The second kappa shape index (κ2) is 6.71. The van der Waals surface area contributed by atoms with Gasteiger partial charge in [0.15, 0.2) is 0 Å². The fourth-order valence-electron chi connectivity index (χ4n) is 2.00. The van der Waals surface area contributed by atoms with E-state index in [4.69, 9.17) is 0 Å². The molecule has 0 radical (unpaired) electrons. The van der Waals surface area contributed by atoms with Crippen LogP contribution in [0.25, 0.3) is 0 Å². The normalized spacial score (nSPS) is 25.8. The molecule has 3 atom stereocenters. The second-order valence-corrected chi connectivity index (χ2v) is 7.20. The standard InChI is InChI=1S/C12H26N2O2S/c1-4-6-11-8-12(11)14-17(15,16)10(3)9-13-7-5-2/h10-14H,4-9H2,1-3H3. The van der Waals surface area contributed by atoms with E-state index in [2.05, 4.69) is 23.9 Å². The zero-order valence-corrected chi connectivity index (χ0v) is 12.0. The molecule has 1 aliphatic rings. The van der Waals surface area contributed by atoms with Crippen molar-refractivity contribution in [1.29, 1.82) is 0 Å². The van der Waals surface area contributed by atoms with Crippen LogP contribution in [0, 0.1) is 5.92 Å². The number of hydrogen-bond donors (Lipinski definition) is 2. The molecule has 0 heterocycles. The van der Waals surface area contributed by atoms with Gasteiger partial charge in [-0.25, -0.2) is 13.1 Å². The quantitative estimate of drug-likeness (QED) is 0.619. The highest BCUT2D eigenvalue weighted by Gasteiger charge is 2.39. The molecule has 0 amide bonds. The van der Waals surface area contributed by atoms with Crippen molar-refractivity contribution in [2.45, 2.75) is 57.7 Å². The minimum absolute atomic E-state index is 0.202. The molecule has 1 rings (SSSR count). The Morgan fingerprint density at radius 3 is 2.59 bits per heavy atom. The van der Waals surface area contributed by atoms with E-state index in [1.54, 1.807) is 6.92 Å². The van der Waals surface area contributed by atoms with Gasteiger partial charge in [-0.2, -0.15) is 0 Å². The lowest BCUT2D eigenvalue weighted by atomic mass is 10.2. The van der Waals surface area contributed by atoms with Gasteiger partial charge >= 0.3 is 0 Å². The molecular formula is C12H26N2O2S. The topological polar surface area (TPSA) is 58.2 Å². The second-order valence-electron chi connectivity index (χ2n) is 5.07. The molecule has 5 heteroatoms. The summed E-state index contributed by atoms with van der Waals surface area (Å²) >= 11 is 0. The summed E-state index contributed by atoms with van der Waals surface area (Å²) in [5.41, 5.74) is 0. The molecule has 0 aromatic heterocycles. The van der Waals surface area contributed by atoms with Crippen LogP contribution in [0.2, 0.25) is 0 Å². The largest absolute Gasteiger partial charge is 0.315 e. The molecular weight excluding hydrogens is 236 g/mol. The maximum absolute atomic E-state index is 12.0. The van der Waals surface area contributed by atoms with Crippen molar-refractivity contribution in [2.75, 3.05) is 13.1 Å². The fraction of sp³-hybridized carbons (Fsp3) is 1.00. The third kappa shape index (κ3) is 4.94. The van der Waals surface area contributed by atoms with Crippen LogP contribution < -0.4 is 10.0 Å². The van der Waals surface area contributed by atoms with Crippen LogP contribution in [0.3, 0.4) is 0 Å². The predicted octanol–water partition coefficient (Wildman–Crippen LogP) is 1.48. The average Bonchev–Trinajstić information content (AvgIpc) is 2.96. The molecule has 1 aliphatic carbocycles. The zero-order valence-electron chi connectivity index (χ0n) is 11.2. The number of hydrogen-bond acceptors (Lipinski definition) is 3. The summed E-state index contributed by atoms with van der Waals surface area (Å²) < 4.78 is 26.8. The van der Waals surface area contributed by atoms with Crippen LogP contribution in [0.4, 0.5) is 0 Å². The Balaban J connectivity index is 2.30. The van der Waals surface area contributed by atoms with Gasteiger partial charge in [-0.05, 0) is 38.6 Å². The summed E-state index contributed by atoms with van der Waals surface area (Å²) in [4.78, 5) is 0. The van der Waals surface area contributed by atoms with Crippen molar-refractivity contribution in [3.05, 3.63) is 0 Å². The molecule has 4 nitrogen and oxygen atoms in total. The number of nitrogens with one attached hydrogen (secondary N) is 2. The van der Waals surface area contributed by atoms with Crippen molar-refractivity contribution in [3.63, 3.8) is 0 Å². The fourth-order valence-corrected chi connectivity index (χ4v) is 3.28. The lowest BCUT2D eigenvalue weighted by Crippen LogP contribution is -2.40. The minimum Gasteiger partial charge on any atom is -0.315 e. The van der Waals surface area contributed by atoms with Gasteiger partial charge in [0, 0.05) is 12.6 Å². The molecule has 102 valence electrons. The third-order valence-corrected chi connectivity index (χ3v) is 5.14. The van der Waals surface area contributed by atoms with Crippen molar-refractivity contribution in [1.82, 2.24) is 10.0 Å². The van der Waals surface area contributed by atoms with Crippen LogP contribution in [0.5, 0.6) is 0 Å². The molecule has 17 heavy (non-hydrogen) atoms. The molecule has 3 unspecified atom stereocenters. The van der Waals surface area contributed by atoms with E-state index in [9.17, 15) is 8.42 Å². The Kier molecular flexibility index (Phi) is 5.89. The highest BCUT2D eigenvalue weighted by Crippen LogP contribution is 2.35.